The Morgan fingerprint density at radius 3 is 2.55 bits per heavy atom. The van der Waals surface area contributed by atoms with Crippen LogP contribution in [-0.2, 0) is 19.4 Å². The smallest absolute Gasteiger partial charge is 0.231 e. The van der Waals surface area contributed by atoms with Gasteiger partial charge in [0.1, 0.15) is 5.75 Å². The van der Waals surface area contributed by atoms with E-state index in [2.05, 4.69) is 78.5 Å². The molecule has 4 aromatic rings. The van der Waals surface area contributed by atoms with Crippen LogP contribution in [0.1, 0.15) is 54.9 Å². The van der Waals surface area contributed by atoms with Crippen LogP contribution in [0.2, 0.25) is 0 Å². The van der Waals surface area contributed by atoms with Crippen LogP contribution >= 0.6 is 0 Å². The van der Waals surface area contributed by atoms with E-state index < -0.39 is 0 Å². The lowest BCUT2D eigenvalue weighted by Gasteiger charge is -2.22. The fraction of sp³-hybridized carbons (Fsp3) is 0.364. The van der Waals surface area contributed by atoms with E-state index in [1.807, 2.05) is 0 Å². The summed E-state index contributed by atoms with van der Waals surface area (Å²) in [6.45, 7) is 6.55. The molecule has 1 aromatic heterocycles. The lowest BCUT2D eigenvalue weighted by molar-refractivity contribution is -0.686. The second kappa shape index (κ2) is 10.6. The summed E-state index contributed by atoms with van der Waals surface area (Å²) in [5.41, 5.74) is 8.86. The van der Waals surface area contributed by atoms with Gasteiger partial charge in [-0.25, -0.2) is 0 Å². The van der Waals surface area contributed by atoms with Gasteiger partial charge in [0.2, 0.25) is 12.5 Å². The summed E-state index contributed by atoms with van der Waals surface area (Å²) in [7, 11) is 1.76. The number of aromatic nitrogens is 1. The van der Waals surface area contributed by atoms with Crippen LogP contribution in [0.25, 0.3) is 22.0 Å². The zero-order chi connectivity index (χ0) is 26.1. The molecule has 5 heteroatoms. The van der Waals surface area contributed by atoms with Gasteiger partial charge in [0.15, 0.2) is 24.2 Å². The zero-order valence-electron chi connectivity index (χ0n) is 22.7. The minimum Gasteiger partial charge on any atom is -0.495 e. The largest absolute Gasteiger partial charge is 0.495 e. The van der Waals surface area contributed by atoms with E-state index in [0.717, 1.165) is 55.3 Å². The van der Waals surface area contributed by atoms with Gasteiger partial charge in [-0.15, -0.1) is 0 Å². The van der Waals surface area contributed by atoms with Crippen LogP contribution in [-0.4, -0.2) is 20.4 Å². The fourth-order valence-corrected chi connectivity index (χ4v) is 5.87. The molecular weight excluding hydrogens is 472 g/mol. The molecule has 3 heterocycles. The Bertz CT molecular complexity index is 1480. The van der Waals surface area contributed by atoms with Crippen molar-refractivity contribution in [3.63, 3.8) is 0 Å². The van der Waals surface area contributed by atoms with Crippen molar-refractivity contribution in [2.24, 2.45) is 0 Å². The van der Waals surface area contributed by atoms with E-state index in [0.29, 0.717) is 6.79 Å². The number of rotatable bonds is 9. The van der Waals surface area contributed by atoms with Crippen LogP contribution in [0, 0.1) is 6.92 Å². The number of ether oxygens (including phenoxy) is 3. The summed E-state index contributed by atoms with van der Waals surface area (Å²) < 4.78 is 19.8. The second-order valence-electron chi connectivity index (χ2n) is 10.5. The molecular formula is C33H37N2O3+. The quantitative estimate of drug-likeness (QED) is 0.195. The van der Waals surface area contributed by atoms with Gasteiger partial charge in [-0.2, -0.15) is 4.57 Å². The molecule has 0 saturated carbocycles. The standard InChI is InChI=1S/C33H36N2O3/c1-4-5-6-7-15-34-32-28-20-35-16-14-24-18-30-31(38-21-37-30)19-26(24)33(35)27(25(28)12-13-29(32)36-3)17-23-10-8-22(2)9-11-23/h8-13,18-20H,4-7,14-17,21H2,1-3H3/p+1. The Morgan fingerprint density at radius 2 is 1.76 bits per heavy atom. The van der Waals surface area contributed by atoms with Crippen LogP contribution in [0.15, 0.2) is 54.7 Å². The Balaban J connectivity index is 1.53. The summed E-state index contributed by atoms with van der Waals surface area (Å²) in [5.74, 6) is 2.59. The number of hydrogen-bond donors (Lipinski definition) is 1. The molecule has 0 saturated heterocycles. The molecule has 6 rings (SSSR count). The topological polar surface area (TPSA) is 43.6 Å². The maximum absolute atomic E-state index is 5.85. The summed E-state index contributed by atoms with van der Waals surface area (Å²) in [5, 5.41) is 6.23. The molecule has 196 valence electrons. The zero-order valence-corrected chi connectivity index (χ0v) is 22.7. The van der Waals surface area contributed by atoms with Gasteiger partial charge < -0.3 is 19.5 Å². The number of anilines is 1. The van der Waals surface area contributed by atoms with Gasteiger partial charge in [-0.3, -0.25) is 0 Å². The van der Waals surface area contributed by atoms with Gasteiger partial charge in [0.05, 0.1) is 23.7 Å². The van der Waals surface area contributed by atoms with Crippen LogP contribution in [0.5, 0.6) is 17.2 Å². The van der Waals surface area contributed by atoms with Crippen molar-refractivity contribution >= 4 is 16.5 Å². The van der Waals surface area contributed by atoms with Gasteiger partial charge >= 0.3 is 0 Å². The van der Waals surface area contributed by atoms with E-state index >= 15 is 0 Å². The van der Waals surface area contributed by atoms with Crippen molar-refractivity contribution in [2.75, 3.05) is 25.8 Å². The molecule has 38 heavy (non-hydrogen) atoms. The highest BCUT2D eigenvalue weighted by molar-refractivity contribution is 6.00. The number of pyridine rings is 1. The predicted molar refractivity (Wildman–Crippen MR) is 153 cm³/mol. The number of methoxy groups -OCH3 is 1. The van der Waals surface area contributed by atoms with Crippen molar-refractivity contribution in [1.29, 1.82) is 0 Å². The molecule has 0 radical (unpaired) electrons. The van der Waals surface area contributed by atoms with Crippen LogP contribution in [0.3, 0.4) is 0 Å². The summed E-state index contributed by atoms with van der Waals surface area (Å²) in [4.78, 5) is 0. The predicted octanol–water partition coefficient (Wildman–Crippen LogP) is 6.98. The average Bonchev–Trinajstić information content (AvgIpc) is 3.40. The maximum Gasteiger partial charge on any atom is 0.231 e. The lowest BCUT2D eigenvalue weighted by atomic mass is 9.88. The molecule has 3 aromatic carbocycles. The van der Waals surface area contributed by atoms with Crippen molar-refractivity contribution in [2.45, 2.75) is 58.9 Å². The van der Waals surface area contributed by atoms with E-state index in [1.54, 1.807) is 7.11 Å². The number of nitrogens with zero attached hydrogens (tertiary/aromatic N) is 1. The molecule has 0 unspecified atom stereocenters. The monoisotopic (exact) mass is 509 g/mol. The summed E-state index contributed by atoms with van der Waals surface area (Å²) in [6, 6.07) is 17.6. The molecule has 0 spiro atoms. The third-order valence-corrected chi connectivity index (χ3v) is 7.92. The Hall–Kier alpha value is -3.73. The van der Waals surface area contributed by atoms with Gasteiger partial charge in [0, 0.05) is 30.3 Å². The van der Waals surface area contributed by atoms with Crippen molar-refractivity contribution in [3.05, 3.63) is 77.0 Å². The molecule has 0 amide bonds. The Labute approximate surface area is 225 Å². The number of nitrogens with one attached hydrogen (secondary N) is 1. The first-order chi connectivity index (χ1) is 18.7. The molecule has 0 fully saturated rings. The van der Waals surface area contributed by atoms with E-state index in [9.17, 15) is 0 Å². The highest BCUT2D eigenvalue weighted by Crippen LogP contribution is 2.43. The molecule has 2 aliphatic rings. The number of aryl methyl sites for hydroxylation is 3. The first kappa shape index (κ1) is 24.6. The van der Waals surface area contributed by atoms with Crippen molar-refractivity contribution < 1.29 is 18.8 Å². The van der Waals surface area contributed by atoms with Gasteiger partial charge in [-0.1, -0.05) is 56.0 Å². The molecule has 5 nitrogen and oxygen atoms in total. The summed E-state index contributed by atoms with van der Waals surface area (Å²) in [6.07, 6.45) is 9.05. The maximum atomic E-state index is 5.85. The van der Waals surface area contributed by atoms with Crippen molar-refractivity contribution in [1.82, 2.24) is 0 Å². The molecule has 2 aliphatic heterocycles. The number of unbranched alkanes of at least 4 members (excludes halogenated alkanes) is 3. The van der Waals surface area contributed by atoms with Crippen molar-refractivity contribution in [3.8, 4) is 28.5 Å². The Morgan fingerprint density at radius 1 is 0.947 bits per heavy atom. The van der Waals surface area contributed by atoms with Crippen LogP contribution < -0.4 is 24.1 Å². The van der Waals surface area contributed by atoms with E-state index in [-0.39, 0.29) is 0 Å². The third kappa shape index (κ3) is 4.55. The minimum absolute atomic E-state index is 0.291. The SMILES string of the molecule is CCCCCCNc1c(OC)ccc2c(Cc3ccc(C)cc3)c3[n+](cc12)CCc1cc2c(cc1-3)OCO2. The van der Waals surface area contributed by atoms with Gasteiger partial charge in [0.25, 0.3) is 0 Å². The number of benzene rings is 3. The normalized spacial score (nSPS) is 13.3. The number of fused-ring (bicyclic) bond motifs is 5. The first-order valence-electron chi connectivity index (χ1n) is 13.9. The third-order valence-electron chi connectivity index (χ3n) is 7.92. The first-order valence-corrected chi connectivity index (χ1v) is 13.9. The molecule has 0 bridgehead atoms. The van der Waals surface area contributed by atoms with Crippen LogP contribution in [0.4, 0.5) is 5.69 Å². The highest BCUT2D eigenvalue weighted by Gasteiger charge is 2.32. The molecule has 0 atom stereocenters. The fourth-order valence-electron chi connectivity index (χ4n) is 5.87. The summed E-state index contributed by atoms with van der Waals surface area (Å²) >= 11 is 0. The average molecular weight is 510 g/mol. The van der Waals surface area contributed by atoms with E-state index in [1.165, 1.54) is 63.5 Å². The highest BCUT2D eigenvalue weighted by atomic mass is 16.7. The Kier molecular flexibility index (Phi) is 6.84. The van der Waals surface area contributed by atoms with E-state index in [4.69, 9.17) is 14.2 Å². The molecule has 1 N–H and O–H groups in total. The molecule has 0 aliphatic carbocycles. The number of hydrogen-bond acceptors (Lipinski definition) is 4. The minimum atomic E-state index is 0.291. The lowest BCUT2D eigenvalue weighted by Crippen LogP contribution is -2.41. The second-order valence-corrected chi connectivity index (χ2v) is 10.5. The van der Waals surface area contributed by atoms with Gasteiger partial charge in [-0.05, 0) is 48.7 Å².